The molecule has 1 fully saturated rings. The average molecular weight is 398 g/mol. The molecule has 2 atom stereocenters. The number of fused-ring (bicyclic) bond motifs is 1. The van der Waals surface area contributed by atoms with Gasteiger partial charge in [0.05, 0.1) is 0 Å². The number of nitrogens with zero attached hydrogens (tertiary/aromatic N) is 1. The van der Waals surface area contributed by atoms with Crippen LogP contribution >= 0.6 is 0 Å². The van der Waals surface area contributed by atoms with Crippen LogP contribution in [-0.2, 0) is 22.7 Å². The van der Waals surface area contributed by atoms with E-state index >= 15 is 0 Å². The summed E-state index contributed by atoms with van der Waals surface area (Å²) in [7, 11) is 0. The summed E-state index contributed by atoms with van der Waals surface area (Å²) in [5.74, 6) is -1.27. The smallest absolute Gasteiger partial charge is 0.330 e. The molecular formula is C18H21F3N4O3. The van der Waals surface area contributed by atoms with E-state index in [0.717, 1.165) is 0 Å². The largest absolute Gasteiger partial charge is 0.403 e. The normalized spacial score (nSPS) is 20.9. The predicted octanol–water partition coefficient (Wildman–Crippen LogP) is 0.817. The van der Waals surface area contributed by atoms with Gasteiger partial charge in [0.1, 0.15) is 12.1 Å². The Balaban J connectivity index is 1.77. The number of imide groups is 1. The summed E-state index contributed by atoms with van der Waals surface area (Å²) < 4.78 is 39.2. The zero-order valence-corrected chi connectivity index (χ0v) is 15.0. The highest BCUT2D eigenvalue weighted by atomic mass is 19.4. The van der Waals surface area contributed by atoms with Gasteiger partial charge >= 0.3 is 6.18 Å². The lowest BCUT2D eigenvalue weighted by Gasteiger charge is -2.29. The fraction of sp³-hybridized carbons (Fsp3) is 0.500. The SMILES string of the molecule is NCCC(NCc1cccc2c1CN(C1CCC(=O)NC1=O)C2=O)C(F)(F)F. The van der Waals surface area contributed by atoms with Crippen LogP contribution in [0.5, 0.6) is 0 Å². The third kappa shape index (κ3) is 4.02. The molecule has 0 bridgehead atoms. The fourth-order valence-electron chi connectivity index (χ4n) is 3.60. The molecule has 4 N–H and O–H groups in total. The Bertz CT molecular complexity index is 797. The number of carbonyl (C=O) groups excluding carboxylic acids is 3. The highest BCUT2D eigenvalue weighted by Crippen LogP contribution is 2.30. The molecule has 10 heteroatoms. The number of nitrogens with two attached hydrogens (primary N) is 1. The van der Waals surface area contributed by atoms with Crippen LogP contribution in [0.3, 0.4) is 0 Å². The second-order valence-corrected chi connectivity index (χ2v) is 6.90. The summed E-state index contributed by atoms with van der Waals surface area (Å²) in [4.78, 5) is 37.5. The number of piperidine rings is 1. The second kappa shape index (κ2) is 7.88. The van der Waals surface area contributed by atoms with E-state index in [1.807, 2.05) is 0 Å². The van der Waals surface area contributed by atoms with Crippen molar-refractivity contribution in [3.05, 3.63) is 34.9 Å². The van der Waals surface area contributed by atoms with Gasteiger partial charge in [-0.15, -0.1) is 0 Å². The van der Waals surface area contributed by atoms with E-state index < -0.39 is 24.2 Å². The zero-order valence-electron chi connectivity index (χ0n) is 15.0. The number of benzene rings is 1. The number of hydrogen-bond donors (Lipinski definition) is 3. The van der Waals surface area contributed by atoms with Crippen LogP contribution in [0.15, 0.2) is 18.2 Å². The summed E-state index contributed by atoms with van der Waals surface area (Å²) >= 11 is 0. The van der Waals surface area contributed by atoms with E-state index in [4.69, 9.17) is 5.73 Å². The molecule has 1 saturated heterocycles. The van der Waals surface area contributed by atoms with Gasteiger partial charge in [-0.25, -0.2) is 0 Å². The van der Waals surface area contributed by atoms with Crippen molar-refractivity contribution < 1.29 is 27.6 Å². The van der Waals surface area contributed by atoms with Crippen LogP contribution in [0.25, 0.3) is 0 Å². The molecule has 2 aliphatic heterocycles. The van der Waals surface area contributed by atoms with E-state index in [1.165, 1.54) is 4.90 Å². The maximum absolute atomic E-state index is 13.1. The second-order valence-electron chi connectivity index (χ2n) is 6.90. The fourth-order valence-corrected chi connectivity index (χ4v) is 3.60. The van der Waals surface area contributed by atoms with Gasteiger partial charge in [-0.3, -0.25) is 19.7 Å². The Hall–Kier alpha value is -2.46. The van der Waals surface area contributed by atoms with Crippen LogP contribution < -0.4 is 16.4 Å². The number of rotatable bonds is 6. The lowest BCUT2D eigenvalue weighted by Crippen LogP contribution is -2.52. The Morgan fingerprint density at radius 2 is 2.04 bits per heavy atom. The van der Waals surface area contributed by atoms with Gasteiger partial charge < -0.3 is 16.0 Å². The molecule has 152 valence electrons. The molecule has 0 saturated carbocycles. The highest BCUT2D eigenvalue weighted by molar-refractivity contribution is 6.05. The van der Waals surface area contributed by atoms with Gasteiger partial charge in [-0.05, 0) is 36.6 Å². The van der Waals surface area contributed by atoms with Gasteiger partial charge in [0.25, 0.3) is 5.91 Å². The molecule has 3 amide bonds. The molecule has 2 unspecified atom stereocenters. The number of halogens is 3. The average Bonchev–Trinajstić information content (AvgIpc) is 2.95. The lowest BCUT2D eigenvalue weighted by molar-refractivity contribution is -0.157. The van der Waals surface area contributed by atoms with Gasteiger partial charge in [0.2, 0.25) is 11.8 Å². The minimum absolute atomic E-state index is 0.0795. The van der Waals surface area contributed by atoms with Crippen molar-refractivity contribution in [3.8, 4) is 0 Å². The summed E-state index contributed by atoms with van der Waals surface area (Å²) in [5, 5.41) is 4.69. The maximum Gasteiger partial charge on any atom is 0.403 e. The summed E-state index contributed by atoms with van der Waals surface area (Å²) in [6.07, 6.45) is -4.31. The van der Waals surface area contributed by atoms with Gasteiger partial charge in [0.15, 0.2) is 0 Å². The first-order valence-electron chi connectivity index (χ1n) is 8.98. The molecule has 28 heavy (non-hydrogen) atoms. The maximum atomic E-state index is 13.1. The molecule has 0 radical (unpaired) electrons. The van der Waals surface area contributed by atoms with E-state index in [9.17, 15) is 27.6 Å². The van der Waals surface area contributed by atoms with Crippen LogP contribution in [0.1, 0.15) is 40.7 Å². The van der Waals surface area contributed by atoms with E-state index in [-0.39, 0.29) is 50.7 Å². The third-order valence-electron chi connectivity index (χ3n) is 5.07. The first-order valence-corrected chi connectivity index (χ1v) is 8.98. The Labute approximate surface area is 159 Å². The van der Waals surface area contributed by atoms with Crippen molar-refractivity contribution in [2.24, 2.45) is 5.73 Å². The first-order chi connectivity index (χ1) is 13.2. The highest BCUT2D eigenvalue weighted by Gasteiger charge is 2.41. The first kappa shape index (κ1) is 20.3. The quantitative estimate of drug-likeness (QED) is 0.616. The Morgan fingerprint density at radius 1 is 1.29 bits per heavy atom. The van der Waals surface area contributed by atoms with Crippen LogP contribution in [0.4, 0.5) is 13.2 Å². The summed E-state index contributed by atoms with van der Waals surface area (Å²) in [5.41, 5.74) is 6.80. The number of amides is 3. The molecule has 0 aromatic heterocycles. The molecule has 7 nitrogen and oxygen atoms in total. The van der Waals surface area contributed by atoms with E-state index in [1.54, 1.807) is 18.2 Å². The monoisotopic (exact) mass is 398 g/mol. The molecule has 0 aliphatic carbocycles. The minimum atomic E-state index is -4.42. The Morgan fingerprint density at radius 3 is 2.68 bits per heavy atom. The van der Waals surface area contributed by atoms with Crippen LogP contribution in [0, 0.1) is 0 Å². The van der Waals surface area contributed by atoms with E-state index in [0.29, 0.717) is 16.7 Å². The van der Waals surface area contributed by atoms with E-state index in [2.05, 4.69) is 10.6 Å². The standard InChI is InChI=1S/C18H21F3N4O3/c19-18(20,21)14(6-7-22)23-8-10-2-1-3-11-12(10)9-25(17(11)28)13-4-5-15(26)24-16(13)27/h1-3,13-14,23H,4-9,22H2,(H,24,26,27). The zero-order chi connectivity index (χ0) is 20.5. The molecule has 2 heterocycles. The molecule has 1 aromatic rings. The molecule has 0 spiro atoms. The van der Waals surface area contributed by atoms with Crippen molar-refractivity contribution in [1.29, 1.82) is 0 Å². The number of nitrogens with one attached hydrogen (secondary N) is 2. The molecule has 2 aliphatic rings. The third-order valence-corrected chi connectivity index (χ3v) is 5.07. The van der Waals surface area contributed by atoms with Gasteiger partial charge in [-0.2, -0.15) is 13.2 Å². The lowest BCUT2D eigenvalue weighted by atomic mass is 10.0. The van der Waals surface area contributed by atoms with Gasteiger partial charge in [0, 0.05) is 25.1 Å². The minimum Gasteiger partial charge on any atom is -0.330 e. The summed E-state index contributed by atoms with van der Waals surface area (Å²) in [6.45, 7) is -0.0679. The van der Waals surface area contributed by atoms with Gasteiger partial charge in [-0.1, -0.05) is 12.1 Å². The number of hydrogen-bond acceptors (Lipinski definition) is 5. The van der Waals surface area contributed by atoms with Crippen molar-refractivity contribution in [2.45, 2.75) is 50.6 Å². The van der Waals surface area contributed by atoms with Crippen LogP contribution in [0.2, 0.25) is 0 Å². The molecule has 1 aromatic carbocycles. The molecular weight excluding hydrogens is 377 g/mol. The number of alkyl halides is 3. The Kier molecular flexibility index (Phi) is 5.71. The van der Waals surface area contributed by atoms with Crippen LogP contribution in [-0.4, -0.2) is 47.4 Å². The van der Waals surface area contributed by atoms with Crippen molar-refractivity contribution in [2.75, 3.05) is 6.54 Å². The molecule has 3 rings (SSSR count). The topological polar surface area (TPSA) is 105 Å². The van der Waals surface area contributed by atoms with Crippen molar-refractivity contribution in [1.82, 2.24) is 15.5 Å². The van der Waals surface area contributed by atoms with Crippen molar-refractivity contribution >= 4 is 17.7 Å². The predicted molar refractivity (Wildman–Crippen MR) is 92.8 cm³/mol. The number of carbonyl (C=O) groups is 3. The summed E-state index contributed by atoms with van der Waals surface area (Å²) in [6, 6.07) is 2.35. The van der Waals surface area contributed by atoms with Crippen molar-refractivity contribution in [3.63, 3.8) is 0 Å².